The topological polar surface area (TPSA) is 15.3 Å². The Morgan fingerprint density at radius 3 is 1.79 bits per heavy atom. The van der Waals surface area contributed by atoms with Crippen molar-refractivity contribution in [2.75, 3.05) is 10.2 Å². The molecular formula is C36H26N2S. The second kappa shape index (κ2) is 10.1. The third kappa shape index (κ3) is 4.54. The van der Waals surface area contributed by atoms with Gasteiger partial charge in [-0.1, -0.05) is 91.0 Å². The molecule has 0 spiro atoms. The molecule has 2 nitrogen and oxygen atoms in total. The third-order valence-corrected chi connectivity index (χ3v) is 8.21. The molecule has 1 aromatic heterocycles. The number of nitrogens with one attached hydrogen (secondary N) is 1. The van der Waals surface area contributed by atoms with Crippen LogP contribution in [0.15, 0.2) is 152 Å². The lowest BCUT2D eigenvalue weighted by Gasteiger charge is -2.25. The average Bonchev–Trinajstić information content (AvgIpc) is 3.38. The highest BCUT2D eigenvalue weighted by Gasteiger charge is 2.17. The molecule has 0 atom stereocenters. The van der Waals surface area contributed by atoms with Crippen molar-refractivity contribution in [3.05, 3.63) is 152 Å². The summed E-state index contributed by atoms with van der Waals surface area (Å²) in [7, 11) is 0. The molecule has 186 valence electrons. The number of hydrogen-bond acceptors (Lipinski definition) is 3. The fourth-order valence-electron chi connectivity index (χ4n) is 5.19. The Labute approximate surface area is 232 Å². The number of nitrogens with zero attached hydrogens (tertiary/aromatic N) is 1. The normalized spacial score (nSPS) is 11.1. The minimum Gasteiger partial charge on any atom is -0.355 e. The van der Waals surface area contributed by atoms with Crippen LogP contribution in [0.4, 0.5) is 28.4 Å². The van der Waals surface area contributed by atoms with Crippen LogP contribution in [-0.2, 0) is 0 Å². The van der Waals surface area contributed by atoms with E-state index < -0.39 is 0 Å². The highest BCUT2D eigenvalue weighted by Crippen LogP contribution is 2.45. The maximum atomic E-state index is 3.64. The lowest BCUT2D eigenvalue weighted by atomic mass is 10.1. The van der Waals surface area contributed by atoms with E-state index in [-0.39, 0.29) is 0 Å². The van der Waals surface area contributed by atoms with Gasteiger partial charge >= 0.3 is 0 Å². The average molecular weight is 519 g/mol. The Kier molecular flexibility index (Phi) is 6.04. The molecule has 6 aromatic carbocycles. The van der Waals surface area contributed by atoms with Gasteiger partial charge < -0.3 is 10.2 Å². The van der Waals surface area contributed by atoms with Crippen molar-refractivity contribution in [2.45, 2.75) is 0 Å². The van der Waals surface area contributed by atoms with Crippen LogP contribution in [0.25, 0.3) is 31.3 Å². The smallest absolute Gasteiger partial charge is 0.0640 e. The maximum absolute atomic E-state index is 3.64. The Morgan fingerprint density at radius 1 is 0.462 bits per heavy atom. The molecular weight excluding hydrogens is 492 g/mol. The zero-order chi connectivity index (χ0) is 26.0. The van der Waals surface area contributed by atoms with Crippen LogP contribution >= 0.6 is 11.3 Å². The van der Waals surface area contributed by atoms with Gasteiger partial charge in [0.15, 0.2) is 0 Å². The van der Waals surface area contributed by atoms with Gasteiger partial charge in [0, 0.05) is 38.2 Å². The molecule has 0 aliphatic heterocycles. The molecule has 0 aliphatic rings. The Balaban J connectivity index is 1.30. The predicted octanol–water partition coefficient (Wildman–Crippen LogP) is 10.9. The molecule has 0 fully saturated rings. The van der Waals surface area contributed by atoms with Gasteiger partial charge in [-0.25, -0.2) is 0 Å². The Hall–Kier alpha value is -4.86. The quantitative estimate of drug-likeness (QED) is 0.235. The molecule has 3 heteroatoms. The first-order valence-corrected chi connectivity index (χ1v) is 13.9. The summed E-state index contributed by atoms with van der Waals surface area (Å²) >= 11 is 1.85. The van der Waals surface area contributed by atoms with E-state index in [2.05, 4.69) is 162 Å². The third-order valence-electron chi connectivity index (χ3n) is 7.00. The lowest BCUT2D eigenvalue weighted by molar-refractivity contribution is 1.30. The number of thiophene rings is 1. The summed E-state index contributed by atoms with van der Waals surface area (Å²) in [4.78, 5) is 2.35. The van der Waals surface area contributed by atoms with E-state index in [4.69, 9.17) is 0 Å². The number of anilines is 5. The minimum atomic E-state index is 1.08. The fourth-order valence-corrected chi connectivity index (χ4v) is 6.38. The second-order valence-corrected chi connectivity index (χ2v) is 10.6. The number of rotatable bonds is 6. The molecule has 0 aliphatic carbocycles. The van der Waals surface area contributed by atoms with E-state index in [1.807, 2.05) is 11.3 Å². The van der Waals surface area contributed by atoms with Crippen LogP contribution in [0, 0.1) is 0 Å². The molecule has 0 unspecified atom stereocenters. The molecule has 1 N–H and O–H groups in total. The molecule has 0 radical (unpaired) electrons. The van der Waals surface area contributed by atoms with E-state index in [9.17, 15) is 0 Å². The molecule has 0 bridgehead atoms. The molecule has 0 amide bonds. The second-order valence-electron chi connectivity index (χ2n) is 9.55. The van der Waals surface area contributed by atoms with Crippen molar-refractivity contribution < 1.29 is 0 Å². The lowest BCUT2D eigenvalue weighted by Crippen LogP contribution is -2.09. The first-order chi connectivity index (χ1) is 19.3. The van der Waals surface area contributed by atoms with Gasteiger partial charge in [-0.2, -0.15) is 0 Å². The fraction of sp³-hybridized carbons (Fsp3) is 0. The van der Waals surface area contributed by atoms with E-state index in [0.29, 0.717) is 0 Å². The van der Waals surface area contributed by atoms with Crippen molar-refractivity contribution in [1.82, 2.24) is 0 Å². The monoisotopic (exact) mass is 518 g/mol. The Morgan fingerprint density at radius 2 is 1.08 bits per heavy atom. The van der Waals surface area contributed by atoms with Gasteiger partial charge in [0.2, 0.25) is 0 Å². The molecule has 7 rings (SSSR count). The molecule has 1 heterocycles. The van der Waals surface area contributed by atoms with Crippen LogP contribution in [0.2, 0.25) is 0 Å². The standard InChI is InChI=1S/C36H26N2S/c1-4-12-26(13-5-1)27-14-10-15-28(24-27)37-29-22-23-35-33(25-29)32-20-11-21-34(36(32)39-35)38(30-16-6-2-7-17-30)31-18-8-3-9-19-31/h1-25,37H. The maximum Gasteiger partial charge on any atom is 0.0640 e. The van der Waals surface area contributed by atoms with Gasteiger partial charge in [0.05, 0.1) is 10.4 Å². The van der Waals surface area contributed by atoms with E-state index in [1.165, 1.54) is 37.0 Å². The molecule has 0 saturated heterocycles. The van der Waals surface area contributed by atoms with E-state index in [0.717, 1.165) is 22.7 Å². The summed E-state index contributed by atoms with van der Waals surface area (Å²) < 4.78 is 2.56. The molecule has 7 aromatic rings. The first kappa shape index (κ1) is 23.3. The van der Waals surface area contributed by atoms with Crippen molar-refractivity contribution in [3.8, 4) is 11.1 Å². The van der Waals surface area contributed by atoms with Crippen LogP contribution in [0.3, 0.4) is 0 Å². The molecule has 0 saturated carbocycles. The highest BCUT2D eigenvalue weighted by atomic mass is 32.1. The van der Waals surface area contributed by atoms with Gasteiger partial charge in [-0.05, 0) is 71.8 Å². The van der Waals surface area contributed by atoms with Gasteiger partial charge in [-0.3, -0.25) is 0 Å². The highest BCUT2D eigenvalue weighted by molar-refractivity contribution is 7.26. The van der Waals surface area contributed by atoms with Gasteiger partial charge in [0.25, 0.3) is 0 Å². The van der Waals surface area contributed by atoms with E-state index in [1.54, 1.807) is 0 Å². The summed E-state index contributed by atoms with van der Waals surface area (Å²) in [5.41, 5.74) is 8.07. The summed E-state index contributed by atoms with van der Waals surface area (Å²) in [6, 6.07) is 53.7. The predicted molar refractivity (Wildman–Crippen MR) is 169 cm³/mol. The van der Waals surface area contributed by atoms with Crippen LogP contribution in [-0.4, -0.2) is 0 Å². The number of hydrogen-bond donors (Lipinski definition) is 1. The summed E-state index contributed by atoms with van der Waals surface area (Å²) in [6.45, 7) is 0. The van der Waals surface area contributed by atoms with Crippen LogP contribution in [0.5, 0.6) is 0 Å². The van der Waals surface area contributed by atoms with Crippen molar-refractivity contribution in [1.29, 1.82) is 0 Å². The zero-order valence-electron chi connectivity index (χ0n) is 21.3. The van der Waals surface area contributed by atoms with Crippen molar-refractivity contribution in [2.24, 2.45) is 0 Å². The van der Waals surface area contributed by atoms with Gasteiger partial charge in [0.1, 0.15) is 0 Å². The number of para-hydroxylation sites is 2. The van der Waals surface area contributed by atoms with Gasteiger partial charge in [-0.15, -0.1) is 11.3 Å². The van der Waals surface area contributed by atoms with Crippen LogP contribution in [0.1, 0.15) is 0 Å². The Bertz CT molecular complexity index is 1840. The number of benzene rings is 6. The minimum absolute atomic E-state index is 1.08. The van der Waals surface area contributed by atoms with Crippen molar-refractivity contribution >= 4 is 59.9 Å². The molecule has 39 heavy (non-hydrogen) atoms. The largest absolute Gasteiger partial charge is 0.355 e. The first-order valence-electron chi connectivity index (χ1n) is 13.1. The summed E-state index contributed by atoms with van der Waals surface area (Å²) in [5.74, 6) is 0. The number of fused-ring (bicyclic) bond motifs is 3. The zero-order valence-corrected chi connectivity index (χ0v) is 22.1. The summed E-state index contributed by atoms with van der Waals surface area (Å²) in [5, 5.41) is 6.18. The summed E-state index contributed by atoms with van der Waals surface area (Å²) in [6.07, 6.45) is 0. The van der Waals surface area contributed by atoms with E-state index >= 15 is 0 Å². The SMILES string of the molecule is c1ccc(-c2cccc(Nc3ccc4sc5c(N(c6ccccc6)c6ccccc6)cccc5c4c3)c2)cc1. The van der Waals surface area contributed by atoms with Crippen molar-refractivity contribution in [3.63, 3.8) is 0 Å². The van der Waals surface area contributed by atoms with Crippen LogP contribution < -0.4 is 10.2 Å².